The second-order valence-electron chi connectivity index (χ2n) is 9.25. The molecule has 1 aliphatic rings. The van der Waals surface area contributed by atoms with Crippen molar-refractivity contribution in [1.82, 2.24) is 14.8 Å². The van der Waals surface area contributed by atoms with Crippen molar-refractivity contribution in [2.45, 2.75) is 45.3 Å². The minimum Gasteiger partial charge on any atom is -0.474 e. The molecule has 0 saturated carbocycles. The summed E-state index contributed by atoms with van der Waals surface area (Å²) in [5.74, 6) is 0.645. The van der Waals surface area contributed by atoms with E-state index in [2.05, 4.69) is 107 Å². The van der Waals surface area contributed by atoms with Crippen LogP contribution in [0, 0.1) is 6.92 Å². The van der Waals surface area contributed by atoms with Crippen LogP contribution in [0.4, 0.5) is 0 Å². The zero-order chi connectivity index (χ0) is 26.4. The van der Waals surface area contributed by atoms with Crippen LogP contribution >= 0.6 is 0 Å². The van der Waals surface area contributed by atoms with Crippen LogP contribution in [-0.2, 0) is 10.3 Å². The Labute approximate surface area is 225 Å². The zero-order valence-corrected chi connectivity index (χ0v) is 22.4. The molecule has 0 aliphatic carbocycles. The number of rotatable bonds is 6. The molecule has 3 heterocycles. The monoisotopic (exact) mass is 505 g/mol. The standard InChI is InChI=1S/C31H29N3O2.C2H6/c1-23-29-28(17-20-32-30(29)36-27-18-21-35-22-19-27)34(33-23)31(24-11-5-2-6-12-24,25-13-7-3-8-14-25)26-15-9-4-10-16-26;1-2/h2-17,20,27H,18-19,21-22H2,1H3;1-2H3. The Balaban J connectivity index is 0.00000144. The molecule has 3 aromatic carbocycles. The summed E-state index contributed by atoms with van der Waals surface area (Å²) in [4.78, 5) is 4.66. The highest BCUT2D eigenvalue weighted by Gasteiger charge is 2.41. The van der Waals surface area contributed by atoms with Gasteiger partial charge in [-0.05, 0) is 29.7 Å². The van der Waals surface area contributed by atoms with E-state index in [1.807, 2.05) is 27.0 Å². The maximum absolute atomic E-state index is 6.45. The topological polar surface area (TPSA) is 49.2 Å². The third kappa shape index (κ3) is 4.59. The van der Waals surface area contributed by atoms with Gasteiger partial charge in [0, 0.05) is 19.0 Å². The fraction of sp³-hybridized carbons (Fsp3) is 0.273. The minimum atomic E-state index is -0.687. The smallest absolute Gasteiger partial charge is 0.225 e. The first kappa shape index (κ1) is 25.7. The molecule has 5 nitrogen and oxygen atoms in total. The van der Waals surface area contributed by atoms with E-state index < -0.39 is 5.54 Å². The van der Waals surface area contributed by atoms with Gasteiger partial charge < -0.3 is 9.47 Å². The molecular formula is C33H35N3O2. The van der Waals surface area contributed by atoms with Gasteiger partial charge in [-0.1, -0.05) is 105 Å². The van der Waals surface area contributed by atoms with E-state index in [1.54, 1.807) is 0 Å². The number of hydrogen-bond acceptors (Lipinski definition) is 4. The lowest BCUT2D eigenvalue weighted by atomic mass is 9.77. The molecule has 0 unspecified atom stereocenters. The maximum atomic E-state index is 6.45. The van der Waals surface area contributed by atoms with Crippen molar-refractivity contribution in [3.8, 4) is 5.88 Å². The number of ether oxygens (including phenoxy) is 2. The number of hydrogen-bond donors (Lipinski definition) is 0. The van der Waals surface area contributed by atoms with E-state index in [0.717, 1.165) is 59.3 Å². The zero-order valence-electron chi connectivity index (χ0n) is 22.4. The number of aromatic nitrogens is 3. The fourth-order valence-corrected chi connectivity index (χ4v) is 5.41. The molecule has 5 aromatic rings. The van der Waals surface area contributed by atoms with E-state index in [-0.39, 0.29) is 6.10 Å². The average Bonchev–Trinajstić information content (AvgIpc) is 3.34. The van der Waals surface area contributed by atoms with Crippen molar-refractivity contribution in [2.24, 2.45) is 0 Å². The number of pyridine rings is 1. The van der Waals surface area contributed by atoms with Crippen molar-refractivity contribution < 1.29 is 9.47 Å². The van der Waals surface area contributed by atoms with E-state index in [9.17, 15) is 0 Å². The summed E-state index contributed by atoms with van der Waals surface area (Å²) in [6.07, 6.45) is 3.67. The first-order valence-corrected chi connectivity index (χ1v) is 13.5. The highest BCUT2D eigenvalue weighted by atomic mass is 16.5. The van der Waals surface area contributed by atoms with Crippen LogP contribution < -0.4 is 4.74 Å². The molecule has 38 heavy (non-hydrogen) atoms. The van der Waals surface area contributed by atoms with Crippen molar-refractivity contribution in [1.29, 1.82) is 0 Å². The van der Waals surface area contributed by atoms with Crippen LogP contribution in [0.2, 0.25) is 0 Å². The lowest BCUT2D eigenvalue weighted by molar-refractivity contribution is 0.0244. The molecule has 0 atom stereocenters. The Hall–Kier alpha value is -3.96. The lowest BCUT2D eigenvalue weighted by Gasteiger charge is -2.37. The third-order valence-corrected chi connectivity index (χ3v) is 7.07. The van der Waals surface area contributed by atoms with Gasteiger partial charge in [0.15, 0.2) is 0 Å². The van der Waals surface area contributed by atoms with Gasteiger partial charge in [-0.2, -0.15) is 5.10 Å². The van der Waals surface area contributed by atoms with Crippen LogP contribution in [0.3, 0.4) is 0 Å². The summed E-state index contributed by atoms with van der Waals surface area (Å²) < 4.78 is 14.1. The molecule has 0 spiro atoms. The van der Waals surface area contributed by atoms with Gasteiger partial charge in [0.05, 0.1) is 29.8 Å². The lowest BCUT2D eigenvalue weighted by Crippen LogP contribution is -2.38. The SMILES string of the molecule is CC.Cc1nn(C(c2ccccc2)(c2ccccc2)c2ccccc2)c2ccnc(OC3CCOCC3)c12. The Morgan fingerprint density at radius 1 is 0.763 bits per heavy atom. The highest BCUT2D eigenvalue weighted by Crippen LogP contribution is 2.43. The Morgan fingerprint density at radius 2 is 1.26 bits per heavy atom. The molecule has 0 radical (unpaired) electrons. The summed E-state index contributed by atoms with van der Waals surface area (Å²) >= 11 is 0. The predicted molar refractivity (Wildman–Crippen MR) is 153 cm³/mol. The molecule has 1 fully saturated rings. The van der Waals surface area contributed by atoms with Crippen molar-refractivity contribution in [2.75, 3.05) is 13.2 Å². The highest BCUT2D eigenvalue weighted by molar-refractivity contribution is 5.87. The van der Waals surface area contributed by atoms with Gasteiger partial charge in [0.25, 0.3) is 0 Å². The molecule has 0 amide bonds. The molecule has 0 bridgehead atoms. The second kappa shape index (κ2) is 11.6. The van der Waals surface area contributed by atoms with Crippen LogP contribution in [0.5, 0.6) is 5.88 Å². The van der Waals surface area contributed by atoms with Gasteiger partial charge in [0.2, 0.25) is 5.88 Å². The van der Waals surface area contributed by atoms with E-state index >= 15 is 0 Å². The minimum absolute atomic E-state index is 0.0988. The molecule has 194 valence electrons. The number of nitrogens with zero attached hydrogens (tertiary/aromatic N) is 3. The van der Waals surface area contributed by atoms with Crippen LogP contribution in [0.25, 0.3) is 10.9 Å². The Morgan fingerprint density at radius 3 is 1.76 bits per heavy atom. The predicted octanol–water partition coefficient (Wildman–Crippen LogP) is 7.16. The van der Waals surface area contributed by atoms with Crippen LogP contribution in [0.15, 0.2) is 103 Å². The number of aryl methyl sites for hydroxylation is 1. The van der Waals surface area contributed by atoms with E-state index in [0.29, 0.717) is 5.88 Å². The number of benzene rings is 3. The summed E-state index contributed by atoms with van der Waals surface area (Å²) in [6.45, 7) is 7.49. The summed E-state index contributed by atoms with van der Waals surface area (Å²) in [6, 6.07) is 33.9. The third-order valence-electron chi connectivity index (χ3n) is 7.07. The van der Waals surface area contributed by atoms with Gasteiger partial charge >= 0.3 is 0 Å². The van der Waals surface area contributed by atoms with Gasteiger partial charge in [-0.25, -0.2) is 9.67 Å². The molecule has 2 aromatic heterocycles. The Kier molecular flexibility index (Phi) is 7.85. The second-order valence-corrected chi connectivity index (χ2v) is 9.25. The first-order valence-electron chi connectivity index (χ1n) is 13.5. The number of fused-ring (bicyclic) bond motifs is 1. The van der Waals surface area contributed by atoms with Gasteiger partial charge in [0.1, 0.15) is 11.6 Å². The molecule has 1 aliphatic heterocycles. The summed E-state index contributed by atoms with van der Waals surface area (Å²) in [5, 5.41) is 6.17. The van der Waals surface area contributed by atoms with Crippen molar-refractivity contribution in [3.63, 3.8) is 0 Å². The quantitative estimate of drug-likeness (QED) is 0.230. The largest absolute Gasteiger partial charge is 0.474 e. The first-order chi connectivity index (χ1) is 18.8. The van der Waals surface area contributed by atoms with Gasteiger partial charge in [-0.15, -0.1) is 0 Å². The summed E-state index contributed by atoms with van der Waals surface area (Å²) in [7, 11) is 0. The fourth-order valence-electron chi connectivity index (χ4n) is 5.41. The van der Waals surface area contributed by atoms with Crippen molar-refractivity contribution in [3.05, 3.63) is 126 Å². The molecule has 0 N–H and O–H groups in total. The van der Waals surface area contributed by atoms with E-state index in [1.165, 1.54) is 0 Å². The van der Waals surface area contributed by atoms with Crippen molar-refractivity contribution >= 4 is 10.9 Å². The average molecular weight is 506 g/mol. The molecule has 5 heteroatoms. The Bertz CT molecular complexity index is 1350. The van der Waals surface area contributed by atoms with E-state index in [4.69, 9.17) is 14.6 Å². The van der Waals surface area contributed by atoms with Crippen LogP contribution in [-0.4, -0.2) is 34.1 Å². The summed E-state index contributed by atoms with van der Waals surface area (Å²) in [5.41, 5.74) is 4.60. The van der Waals surface area contributed by atoms with Crippen LogP contribution in [0.1, 0.15) is 49.1 Å². The van der Waals surface area contributed by atoms with Gasteiger partial charge in [-0.3, -0.25) is 0 Å². The maximum Gasteiger partial charge on any atom is 0.225 e. The molecule has 6 rings (SSSR count). The molecule has 1 saturated heterocycles. The normalized spacial score (nSPS) is 14.1. The molecular weight excluding hydrogens is 470 g/mol.